The van der Waals surface area contributed by atoms with E-state index < -0.39 is 0 Å². The number of carbonyl (C=O) groups is 1. The van der Waals surface area contributed by atoms with Gasteiger partial charge in [-0.2, -0.15) is 0 Å². The lowest BCUT2D eigenvalue weighted by Crippen LogP contribution is -2.48. The zero-order valence-electron chi connectivity index (χ0n) is 10.9. The van der Waals surface area contributed by atoms with Gasteiger partial charge in [0.2, 0.25) is 0 Å². The van der Waals surface area contributed by atoms with Crippen LogP contribution in [0.1, 0.15) is 23.7 Å². The van der Waals surface area contributed by atoms with Crippen molar-refractivity contribution in [3.63, 3.8) is 0 Å². The van der Waals surface area contributed by atoms with Gasteiger partial charge in [0, 0.05) is 18.2 Å². The van der Waals surface area contributed by atoms with Crippen molar-refractivity contribution >= 4 is 5.91 Å². The van der Waals surface area contributed by atoms with E-state index in [1.54, 1.807) is 19.2 Å². The van der Waals surface area contributed by atoms with Crippen molar-refractivity contribution < 1.29 is 9.53 Å². The van der Waals surface area contributed by atoms with E-state index in [-0.39, 0.29) is 11.9 Å². The van der Waals surface area contributed by atoms with Crippen LogP contribution >= 0.6 is 0 Å². The number of ether oxygens (including phenoxy) is 1. The van der Waals surface area contributed by atoms with Crippen LogP contribution in [0.15, 0.2) is 24.3 Å². The Bertz CT molecular complexity index is 420. The second kappa shape index (κ2) is 5.87. The van der Waals surface area contributed by atoms with E-state index in [1.165, 1.54) is 0 Å². The summed E-state index contributed by atoms with van der Waals surface area (Å²) in [6.07, 6.45) is 1.03. The first kappa shape index (κ1) is 12.9. The number of benzene rings is 1. The van der Waals surface area contributed by atoms with Crippen molar-refractivity contribution in [1.29, 1.82) is 0 Å². The van der Waals surface area contributed by atoms with Crippen LogP contribution in [-0.2, 0) is 0 Å². The molecule has 2 unspecified atom stereocenters. The van der Waals surface area contributed by atoms with E-state index in [1.807, 2.05) is 12.1 Å². The third-order valence-corrected chi connectivity index (χ3v) is 3.24. The van der Waals surface area contributed by atoms with Gasteiger partial charge in [0.15, 0.2) is 0 Å². The van der Waals surface area contributed by atoms with Gasteiger partial charge < -0.3 is 15.4 Å². The number of nitrogens with one attached hydrogen (secondary N) is 2. The number of methoxy groups -OCH3 is 1. The van der Waals surface area contributed by atoms with Crippen molar-refractivity contribution in [3.8, 4) is 5.75 Å². The van der Waals surface area contributed by atoms with Crippen molar-refractivity contribution in [3.05, 3.63) is 29.8 Å². The molecule has 0 aromatic heterocycles. The van der Waals surface area contributed by atoms with Crippen LogP contribution in [0.4, 0.5) is 0 Å². The number of hydrogen-bond donors (Lipinski definition) is 2. The third kappa shape index (κ3) is 3.23. The van der Waals surface area contributed by atoms with Gasteiger partial charge in [0.25, 0.3) is 5.91 Å². The Kier molecular flexibility index (Phi) is 4.20. The molecule has 0 saturated carbocycles. The van der Waals surface area contributed by atoms with E-state index in [4.69, 9.17) is 4.74 Å². The highest BCUT2D eigenvalue weighted by Crippen LogP contribution is 2.14. The van der Waals surface area contributed by atoms with Crippen LogP contribution < -0.4 is 15.4 Å². The summed E-state index contributed by atoms with van der Waals surface area (Å²) < 4.78 is 5.12. The zero-order valence-corrected chi connectivity index (χ0v) is 10.9. The maximum atomic E-state index is 12.1. The van der Waals surface area contributed by atoms with Crippen molar-refractivity contribution in [2.45, 2.75) is 19.4 Å². The first-order chi connectivity index (χ1) is 8.69. The monoisotopic (exact) mass is 248 g/mol. The molecule has 1 amide bonds. The lowest BCUT2D eigenvalue weighted by atomic mass is 9.97. The van der Waals surface area contributed by atoms with E-state index in [9.17, 15) is 4.79 Å². The molecule has 1 heterocycles. The molecule has 0 aliphatic carbocycles. The highest BCUT2D eigenvalue weighted by molar-refractivity contribution is 5.94. The van der Waals surface area contributed by atoms with Gasteiger partial charge in [-0.3, -0.25) is 4.79 Å². The van der Waals surface area contributed by atoms with Gasteiger partial charge in [0.05, 0.1) is 7.11 Å². The maximum absolute atomic E-state index is 12.1. The molecule has 2 rings (SSSR count). The Morgan fingerprint density at radius 2 is 2.28 bits per heavy atom. The smallest absolute Gasteiger partial charge is 0.251 e. The van der Waals surface area contributed by atoms with E-state index in [0.29, 0.717) is 17.2 Å². The molecule has 1 aromatic carbocycles. The Labute approximate surface area is 108 Å². The Morgan fingerprint density at radius 3 is 3.00 bits per heavy atom. The predicted octanol–water partition coefficient (Wildman–Crippen LogP) is 1.42. The number of carbonyl (C=O) groups excluding carboxylic acids is 1. The van der Waals surface area contributed by atoms with Gasteiger partial charge in [-0.15, -0.1) is 0 Å². The summed E-state index contributed by atoms with van der Waals surface area (Å²) >= 11 is 0. The second-order valence-corrected chi connectivity index (χ2v) is 4.90. The van der Waals surface area contributed by atoms with Crippen LogP contribution in [0.25, 0.3) is 0 Å². The number of amides is 1. The quantitative estimate of drug-likeness (QED) is 0.850. The van der Waals surface area contributed by atoms with Crippen molar-refractivity contribution in [2.24, 2.45) is 5.92 Å². The molecule has 2 N–H and O–H groups in total. The molecule has 0 radical (unpaired) electrons. The van der Waals surface area contributed by atoms with Crippen molar-refractivity contribution in [2.75, 3.05) is 20.2 Å². The maximum Gasteiger partial charge on any atom is 0.251 e. The second-order valence-electron chi connectivity index (χ2n) is 4.90. The Hall–Kier alpha value is -1.55. The van der Waals surface area contributed by atoms with Gasteiger partial charge in [-0.25, -0.2) is 0 Å². The van der Waals surface area contributed by atoms with E-state index >= 15 is 0 Å². The largest absolute Gasteiger partial charge is 0.497 e. The molecular weight excluding hydrogens is 228 g/mol. The molecule has 1 fully saturated rings. The molecule has 1 aliphatic rings. The molecule has 18 heavy (non-hydrogen) atoms. The Balaban J connectivity index is 1.98. The molecule has 1 saturated heterocycles. The number of piperidine rings is 1. The van der Waals surface area contributed by atoms with Gasteiger partial charge in [-0.1, -0.05) is 13.0 Å². The summed E-state index contributed by atoms with van der Waals surface area (Å²) in [4.78, 5) is 12.1. The minimum atomic E-state index is -0.0326. The first-order valence-electron chi connectivity index (χ1n) is 6.34. The summed E-state index contributed by atoms with van der Waals surface area (Å²) in [6.45, 7) is 4.07. The van der Waals surface area contributed by atoms with Gasteiger partial charge >= 0.3 is 0 Å². The normalized spacial score (nSPS) is 23.4. The molecule has 4 nitrogen and oxygen atoms in total. The van der Waals surface area contributed by atoms with Crippen LogP contribution in [0, 0.1) is 5.92 Å². The molecule has 0 spiro atoms. The van der Waals surface area contributed by atoms with Crippen molar-refractivity contribution in [1.82, 2.24) is 10.6 Å². The molecular formula is C14H20N2O2. The van der Waals surface area contributed by atoms with Crippen LogP contribution in [0.2, 0.25) is 0 Å². The highest BCUT2D eigenvalue weighted by atomic mass is 16.5. The lowest BCUT2D eigenvalue weighted by Gasteiger charge is -2.28. The minimum absolute atomic E-state index is 0.0326. The van der Waals surface area contributed by atoms with Crippen LogP contribution in [0.3, 0.4) is 0 Å². The summed E-state index contributed by atoms with van der Waals surface area (Å²) in [5, 5.41) is 6.38. The minimum Gasteiger partial charge on any atom is -0.497 e. The molecule has 2 atom stereocenters. The summed E-state index contributed by atoms with van der Waals surface area (Å²) in [5.74, 6) is 1.28. The molecule has 0 bridgehead atoms. The zero-order chi connectivity index (χ0) is 13.0. The van der Waals surface area contributed by atoms with Gasteiger partial charge in [-0.05, 0) is 37.1 Å². The van der Waals surface area contributed by atoms with Crippen LogP contribution in [-0.4, -0.2) is 32.1 Å². The SMILES string of the molecule is COc1cccc(C(=O)NC2CNCC(C)C2)c1. The average molecular weight is 248 g/mol. The Morgan fingerprint density at radius 1 is 1.44 bits per heavy atom. The number of hydrogen-bond acceptors (Lipinski definition) is 3. The van der Waals surface area contributed by atoms with E-state index in [2.05, 4.69) is 17.6 Å². The summed E-state index contributed by atoms with van der Waals surface area (Å²) in [5.41, 5.74) is 0.646. The fourth-order valence-corrected chi connectivity index (χ4v) is 2.30. The molecule has 1 aromatic rings. The van der Waals surface area contributed by atoms with E-state index in [0.717, 1.165) is 19.5 Å². The number of rotatable bonds is 3. The molecule has 1 aliphatic heterocycles. The summed E-state index contributed by atoms with van der Waals surface area (Å²) in [7, 11) is 1.60. The standard InChI is InChI=1S/C14H20N2O2/c1-10-6-12(9-15-8-10)16-14(17)11-4-3-5-13(7-11)18-2/h3-5,7,10,12,15H,6,8-9H2,1-2H3,(H,16,17). The fraction of sp³-hybridized carbons (Fsp3) is 0.500. The average Bonchev–Trinajstić information content (AvgIpc) is 2.39. The van der Waals surface area contributed by atoms with Gasteiger partial charge in [0.1, 0.15) is 5.75 Å². The lowest BCUT2D eigenvalue weighted by molar-refractivity contribution is 0.0925. The first-order valence-corrected chi connectivity index (χ1v) is 6.34. The topological polar surface area (TPSA) is 50.4 Å². The molecule has 4 heteroatoms. The highest BCUT2D eigenvalue weighted by Gasteiger charge is 2.20. The third-order valence-electron chi connectivity index (χ3n) is 3.24. The fourth-order valence-electron chi connectivity index (χ4n) is 2.30. The van der Waals surface area contributed by atoms with Crippen LogP contribution in [0.5, 0.6) is 5.75 Å². The predicted molar refractivity (Wildman–Crippen MR) is 70.9 cm³/mol. The molecule has 98 valence electrons. The summed E-state index contributed by atoms with van der Waals surface area (Å²) in [6, 6.07) is 7.44.